The van der Waals surface area contributed by atoms with Gasteiger partial charge in [-0.15, -0.1) is 0 Å². The van der Waals surface area contributed by atoms with Crippen LogP contribution in [0.2, 0.25) is 15.1 Å². The Morgan fingerprint density at radius 3 is 2.45 bits per heavy atom. The number of halogens is 4. The molecule has 0 radical (unpaired) electrons. The smallest absolute Gasteiger partial charge is 0.0548 e. The number of hydrogen-bond acceptors (Lipinski definition) is 1. The highest BCUT2D eigenvalue weighted by atomic mass is 79.9. The van der Waals surface area contributed by atoms with Crippen molar-refractivity contribution in [1.29, 1.82) is 0 Å². The Morgan fingerprint density at radius 1 is 1.05 bits per heavy atom. The van der Waals surface area contributed by atoms with Crippen LogP contribution in [-0.2, 0) is 6.54 Å². The van der Waals surface area contributed by atoms with Crippen molar-refractivity contribution < 1.29 is 0 Å². The summed E-state index contributed by atoms with van der Waals surface area (Å²) in [5.74, 6) is 0. The van der Waals surface area contributed by atoms with Crippen molar-refractivity contribution in [2.24, 2.45) is 0 Å². The molecule has 0 amide bonds. The first-order valence-electron chi connectivity index (χ1n) is 6.09. The lowest BCUT2D eigenvalue weighted by atomic mass is 10.1. The van der Waals surface area contributed by atoms with E-state index in [1.165, 1.54) is 0 Å². The molecule has 20 heavy (non-hydrogen) atoms. The lowest BCUT2D eigenvalue weighted by molar-refractivity contribution is 0.575. The topological polar surface area (TPSA) is 12.0 Å². The van der Waals surface area contributed by atoms with E-state index in [9.17, 15) is 0 Å². The molecule has 0 aliphatic heterocycles. The molecule has 0 fully saturated rings. The third-order valence-corrected chi connectivity index (χ3v) is 4.80. The summed E-state index contributed by atoms with van der Waals surface area (Å²) < 4.78 is 0.899. The lowest BCUT2D eigenvalue weighted by Gasteiger charge is -2.16. The largest absolute Gasteiger partial charge is 0.306 e. The van der Waals surface area contributed by atoms with Gasteiger partial charge in [0.2, 0.25) is 0 Å². The van der Waals surface area contributed by atoms with Gasteiger partial charge in [-0.3, -0.25) is 0 Å². The zero-order valence-electron chi connectivity index (χ0n) is 10.8. The summed E-state index contributed by atoms with van der Waals surface area (Å²) in [4.78, 5) is 0. The molecule has 0 aromatic heterocycles. The lowest BCUT2D eigenvalue weighted by Crippen LogP contribution is -2.18. The summed E-state index contributed by atoms with van der Waals surface area (Å²) >= 11 is 21.5. The highest BCUT2D eigenvalue weighted by Gasteiger charge is 2.10. The van der Waals surface area contributed by atoms with E-state index < -0.39 is 0 Å². The molecule has 0 spiro atoms. The van der Waals surface area contributed by atoms with Crippen LogP contribution in [-0.4, -0.2) is 0 Å². The molecule has 1 atom stereocenters. The van der Waals surface area contributed by atoms with Crippen LogP contribution in [0.1, 0.15) is 24.1 Å². The summed E-state index contributed by atoms with van der Waals surface area (Å²) in [6, 6.07) is 11.6. The highest BCUT2D eigenvalue weighted by Crippen LogP contribution is 2.27. The van der Waals surface area contributed by atoms with E-state index in [4.69, 9.17) is 34.8 Å². The Bertz CT molecular complexity index is 616. The van der Waals surface area contributed by atoms with Crippen molar-refractivity contribution in [3.05, 3.63) is 67.1 Å². The molecular formula is C15H13BrCl3N. The van der Waals surface area contributed by atoms with Gasteiger partial charge in [0.25, 0.3) is 0 Å². The van der Waals surface area contributed by atoms with Crippen LogP contribution >= 0.6 is 50.7 Å². The second-order valence-corrected chi connectivity index (χ2v) is 6.62. The van der Waals surface area contributed by atoms with Gasteiger partial charge < -0.3 is 5.32 Å². The number of hydrogen-bond donors (Lipinski definition) is 1. The molecule has 1 N–H and O–H groups in total. The first-order valence-corrected chi connectivity index (χ1v) is 8.02. The van der Waals surface area contributed by atoms with Crippen LogP contribution in [0.15, 0.2) is 40.9 Å². The van der Waals surface area contributed by atoms with Crippen molar-refractivity contribution in [1.82, 2.24) is 5.32 Å². The molecule has 5 heteroatoms. The molecule has 106 valence electrons. The maximum Gasteiger partial charge on any atom is 0.0548 e. The van der Waals surface area contributed by atoms with Crippen LogP contribution in [0.4, 0.5) is 0 Å². The molecule has 1 unspecified atom stereocenters. The SMILES string of the molecule is CC(NCc1ccc(Cl)c(Br)c1)c1ccc(Cl)cc1Cl. The van der Waals surface area contributed by atoms with Crippen LogP contribution in [0.5, 0.6) is 0 Å². The van der Waals surface area contributed by atoms with Crippen LogP contribution in [0.25, 0.3) is 0 Å². The van der Waals surface area contributed by atoms with Crippen molar-refractivity contribution in [2.75, 3.05) is 0 Å². The van der Waals surface area contributed by atoms with Crippen molar-refractivity contribution in [2.45, 2.75) is 19.5 Å². The summed E-state index contributed by atoms with van der Waals surface area (Å²) in [6.07, 6.45) is 0. The van der Waals surface area contributed by atoms with Gasteiger partial charge in [-0.2, -0.15) is 0 Å². The van der Waals surface area contributed by atoms with Gasteiger partial charge in [0.15, 0.2) is 0 Å². The summed E-state index contributed by atoms with van der Waals surface area (Å²) in [5.41, 5.74) is 2.18. The normalized spacial score (nSPS) is 12.4. The van der Waals surface area contributed by atoms with Crippen LogP contribution in [0, 0.1) is 0 Å². The quantitative estimate of drug-likeness (QED) is 0.646. The zero-order valence-corrected chi connectivity index (χ0v) is 14.6. The summed E-state index contributed by atoms with van der Waals surface area (Å²) in [7, 11) is 0. The van der Waals surface area contributed by atoms with E-state index in [1.54, 1.807) is 6.07 Å². The molecule has 2 aromatic rings. The molecule has 0 saturated carbocycles. The average Bonchev–Trinajstić information content (AvgIpc) is 2.40. The standard InChI is InChI=1S/C15H13BrCl3N/c1-9(12-4-3-11(17)7-15(12)19)20-8-10-2-5-14(18)13(16)6-10/h2-7,9,20H,8H2,1H3. The summed E-state index contributed by atoms with van der Waals surface area (Å²) in [6.45, 7) is 2.80. The molecule has 2 aromatic carbocycles. The molecular weight excluding hydrogens is 380 g/mol. The third kappa shape index (κ3) is 4.12. The van der Waals surface area contributed by atoms with Gasteiger partial charge in [0.05, 0.1) is 5.02 Å². The van der Waals surface area contributed by atoms with Crippen molar-refractivity contribution >= 4 is 50.7 Å². The van der Waals surface area contributed by atoms with E-state index in [2.05, 4.69) is 28.2 Å². The van der Waals surface area contributed by atoms with Gasteiger partial charge in [-0.05, 0) is 58.2 Å². The minimum Gasteiger partial charge on any atom is -0.306 e. The molecule has 1 nitrogen and oxygen atoms in total. The predicted octanol–water partition coefficient (Wildman–Crippen LogP) is 6.26. The maximum atomic E-state index is 6.20. The fourth-order valence-corrected chi connectivity index (χ4v) is 3.00. The predicted molar refractivity (Wildman–Crippen MR) is 90.9 cm³/mol. The Kier molecular flexibility index (Phi) is 5.76. The van der Waals surface area contributed by atoms with Gasteiger partial charge >= 0.3 is 0 Å². The van der Waals surface area contributed by atoms with E-state index in [-0.39, 0.29) is 6.04 Å². The van der Waals surface area contributed by atoms with E-state index in [0.717, 1.165) is 22.1 Å². The first kappa shape index (κ1) is 16.1. The number of benzene rings is 2. The second kappa shape index (κ2) is 7.15. The second-order valence-electron chi connectivity index (χ2n) is 4.52. The fraction of sp³-hybridized carbons (Fsp3) is 0.200. The minimum atomic E-state index is 0.134. The Labute approximate surface area is 142 Å². The Morgan fingerprint density at radius 2 is 1.80 bits per heavy atom. The van der Waals surface area contributed by atoms with Gasteiger partial charge in [0, 0.05) is 27.1 Å². The monoisotopic (exact) mass is 391 g/mol. The average molecular weight is 394 g/mol. The van der Waals surface area contributed by atoms with Crippen molar-refractivity contribution in [3.8, 4) is 0 Å². The number of rotatable bonds is 4. The van der Waals surface area contributed by atoms with E-state index >= 15 is 0 Å². The van der Waals surface area contributed by atoms with E-state index in [0.29, 0.717) is 15.1 Å². The highest BCUT2D eigenvalue weighted by molar-refractivity contribution is 9.10. The molecule has 0 saturated heterocycles. The van der Waals surface area contributed by atoms with Gasteiger partial charge in [0.1, 0.15) is 0 Å². The molecule has 0 aliphatic carbocycles. The van der Waals surface area contributed by atoms with E-state index in [1.807, 2.05) is 30.3 Å². The van der Waals surface area contributed by atoms with Gasteiger partial charge in [-0.1, -0.05) is 46.9 Å². The Balaban J connectivity index is 2.04. The van der Waals surface area contributed by atoms with Crippen LogP contribution in [0.3, 0.4) is 0 Å². The van der Waals surface area contributed by atoms with Crippen LogP contribution < -0.4 is 5.32 Å². The molecule has 0 bridgehead atoms. The minimum absolute atomic E-state index is 0.134. The molecule has 0 aliphatic rings. The van der Waals surface area contributed by atoms with Gasteiger partial charge in [-0.25, -0.2) is 0 Å². The Hall–Kier alpha value is -0.250. The molecule has 0 heterocycles. The first-order chi connectivity index (χ1) is 9.47. The van der Waals surface area contributed by atoms with Crippen molar-refractivity contribution in [3.63, 3.8) is 0 Å². The third-order valence-electron chi connectivity index (χ3n) is 3.03. The number of nitrogens with one attached hydrogen (secondary N) is 1. The fourth-order valence-electron chi connectivity index (χ4n) is 1.88. The molecule has 2 rings (SSSR count). The summed E-state index contributed by atoms with van der Waals surface area (Å²) in [5, 5.41) is 5.46. The zero-order chi connectivity index (χ0) is 14.7. The maximum absolute atomic E-state index is 6.20.